The van der Waals surface area contributed by atoms with Crippen LogP contribution in [-0.2, 0) is 4.79 Å². The van der Waals surface area contributed by atoms with E-state index in [1.165, 1.54) is 30.3 Å². The van der Waals surface area contributed by atoms with Gasteiger partial charge in [-0.15, -0.1) is 0 Å². The van der Waals surface area contributed by atoms with Crippen molar-refractivity contribution >= 4 is 23.2 Å². The van der Waals surface area contributed by atoms with Gasteiger partial charge < -0.3 is 10.1 Å². The lowest BCUT2D eigenvalue weighted by Crippen LogP contribution is -2.39. The number of amides is 1. The molecule has 0 radical (unpaired) electrons. The number of hydrogen-bond acceptors (Lipinski definition) is 3. The van der Waals surface area contributed by atoms with E-state index >= 15 is 0 Å². The molecule has 2 atom stereocenters. The summed E-state index contributed by atoms with van der Waals surface area (Å²) in [5.74, 6) is -0.966. The zero-order valence-electron chi connectivity index (χ0n) is 14.1. The van der Waals surface area contributed by atoms with Crippen molar-refractivity contribution in [3.63, 3.8) is 0 Å². The topological polar surface area (TPSA) is 50.4 Å². The molecule has 2 aromatic rings. The second-order valence-electron chi connectivity index (χ2n) is 5.67. The first-order chi connectivity index (χ1) is 12.3. The van der Waals surface area contributed by atoms with E-state index in [0.29, 0.717) is 5.02 Å². The van der Waals surface area contributed by atoms with Crippen molar-refractivity contribution < 1.29 is 22.7 Å². The molecule has 0 aliphatic heterocycles. The molecule has 0 saturated heterocycles. The van der Waals surface area contributed by atoms with Crippen molar-refractivity contribution in [1.29, 1.82) is 0 Å². The van der Waals surface area contributed by atoms with E-state index in [4.69, 9.17) is 11.6 Å². The molecule has 0 aliphatic carbocycles. The molecule has 1 amide bonds. The Balaban J connectivity index is 1.96. The highest BCUT2D eigenvalue weighted by Crippen LogP contribution is 2.21. The predicted molar refractivity (Wildman–Crippen MR) is 94.1 cm³/mol. The van der Waals surface area contributed by atoms with Crippen molar-refractivity contribution in [1.82, 2.24) is 5.32 Å². The third kappa shape index (κ3) is 5.64. The third-order valence-electron chi connectivity index (χ3n) is 3.68. The maximum absolute atomic E-state index is 13.7. The summed E-state index contributed by atoms with van der Waals surface area (Å²) in [5, 5.41) is 5.84. The molecule has 0 spiro atoms. The molecule has 140 valence electrons. The first-order valence-corrected chi connectivity index (χ1v) is 8.21. The number of alkyl halides is 2. The summed E-state index contributed by atoms with van der Waals surface area (Å²) in [5.41, 5.74) is 0.775. The standard InChI is InChI=1S/C18H18ClF3N2O2/c1-10(12-3-6-14(7-4-12)26-18(21)22)23-11(2)17(25)24-16-9-13(19)5-8-15(16)20/h3-11,18,23H,1-2H3,(H,24,25). The third-order valence-corrected chi connectivity index (χ3v) is 3.92. The molecule has 0 saturated carbocycles. The lowest BCUT2D eigenvalue weighted by molar-refractivity contribution is -0.118. The van der Waals surface area contributed by atoms with Gasteiger partial charge in [-0.3, -0.25) is 10.1 Å². The number of benzene rings is 2. The summed E-state index contributed by atoms with van der Waals surface area (Å²) in [6.07, 6.45) is 0. The summed E-state index contributed by atoms with van der Waals surface area (Å²) >= 11 is 5.80. The molecule has 26 heavy (non-hydrogen) atoms. The van der Waals surface area contributed by atoms with Gasteiger partial charge in [0.15, 0.2) is 0 Å². The van der Waals surface area contributed by atoms with E-state index in [1.807, 2.05) is 6.92 Å². The molecular formula is C18H18ClF3N2O2. The average molecular weight is 387 g/mol. The van der Waals surface area contributed by atoms with Crippen LogP contribution in [0, 0.1) is 5.82 Å². The van der Waals surface area contributed by atoms with Gasteiger partial charge in [0.1, 0.15) is 11.6 Å². The molecule has 0 bridgehead atoms. The highest BCUT2D eigenvalue weighted by molar-refractivity contribution is 6.30. The van der Waals surface area contributed by atoms with Crippen molar-refractivity contribution in [2.75, 3.05) is 5.32 Å². The molecule has 8 heteroatoms. The molecule has 0 fully saturated rings. The quantitative estimate of drug-likeness (QED) is 0.721. The van der Waals surface area contributed by atoms with Crippen LogP contribution in [0.3, 0.4) is 0 Å². The molecule has 0 aromatic heterocycles. The Hall–Kier alpha value is -2.25. The van der Waals surface area contributed by atoms with Crippen LogP contribution < -0.4 is 15.4 Å². The van der Waals surface area contributed by atoms with Gasteiger partial charge in [-0.2, -0.15) is 8.78 Å². The lowest BCUT2D eigenvalue weighted by atomic mass is 10.1. The predicted octanol–water partition coefficient (Wildman–Crippen LogP) is 4.76. The molecule has 2 unspecified atom stereocenters. The van der Waals surface area contributed by atoms with E-state index in [9.17, 15) is 18.0 Å². The van der Waals surface area contributed by atoms with Gasteiger partial charge >= 0.3 is 6.61 Å². The van der Waals surface area contributed by atoms with Crippen LogP contribution in [0.1, 0.15) is 25.5 Å². The number of hydrogen-bond donors (Lipinski definition) is 2. The van der Waals surface area contributed by atoms with Crippen molar-refractivity contribution in [3.05, 3.63) is 58.9 Å². The number of rotatable bonds is 7. The maximum Gasteiger partial charge on any atom is 0.387 e. The van der Waals surface area contributed by atoms with E-state index in [2.05, 4.69) is 15.4 Å². The van der Waals surface area contributed by atoms with Crippen LogP contribution in [0.4, 0.5) is 18.9 Å². The minimum absolute atomic E-state index is 0.00250. The van der Waals surface area contributed by atoms with Crippen LogP contribution in [0.25, 0.3) is 0 Å². The Morgan fingerprint density at radius 3 is 2.38 bits per heavy atom. The van der Waals surface area contributed by atoms with E-state index < -0.39 is 24.4 Å². The summed E-state index contributed by atoms with van der Waals surface area (Å²) in [6.45, 7) is 0.557. The lowest BCUT2D eigenvalue weighted by Gasteiger charge is -2.20. The van der Waals surface area contributed by atoms with Crippen LogP contribution in [0.5, 0.6) is 5.75 Å². The second-order valence-corrected chi connectivity index (χ2v) is 6.11. The Morgan fingerprint density at radius 1 is 1.12 bits per heavy atom. The van der Waals surface area contributed by atoms with Gasteiger partial charge in [0.2, 0.25) is 5.91 Å². The Kier molecular flexibility index (Phi) is 6.88. The largest absolute Gasteiger partial charge is 0.435 e. The number of halogens is 4. The first kappa shape index (κ1) is 20.1. The number of carbonyl (C=O) groups is 1. The zero-order valence-corrected chi connectivity index (χ0v) is 14.9. The van der Waals surface area contributed by atoms with E-state index in [0.717, 1.165) is 5.56 Å². The summed E-state index contributed by atoms with van der Waals surface area (Å²) < 4.78 is 42.3. The van der Waals surface area contributed by atoms with Gasteiger partial charge in [0, 0.05) is 11.1 Å². The fraction of sp³-hybridized carbons (Fsp3) is 0.278. The van der Waals surface area contributed by atoms with E-state index in [1.54, 1.807) is 19.1 Å². The van der Waals surface area contributed by atoms with Gasteiger partial charge in [0.05, 0.1) is 11.7 Å². The van der Waals surface area contributed by atoms with Gasteiger partial charge in [-0.25, -0.2) is 4.39 Å². The molecular weight excluding hydrogens is 369 g/mol. The first-order valence-electron chi connectivity index (χ1n) is 7.83. The number of anilines is 1. The molecule has 2 N–H and O–H groups in total. The average Bonchev–Trinajstić information content (AvgIpc) is 2.58. The van der Waals surface area contributed by atoms with Gasteiger partial charge in [-0.1, -0.05) is 23.7 Å². The minimum atomic E-state index is -2.88. The summed E-state index contributed by atoms with van der Waals surface area (Å²) in [6, 6.07) is 9.08. The zero-order chi connectivity index (χ0) is 19.3. The normalized spacial score (nSPS) is 13.3. The van der Waals surface area contributed by atoms with E-state index in [-0.39, 0.29) is 17.5 Å². The fourth-order valence-electron chi connectivity index (χ4n) is 2.32. The fourth-order valence-corrected chi connectivity index (χ4v) is 2.49. The van der Waals surface area contributed by atoms with Crippen molar-refractivity contribution in [3.8, 4) is 5.75 Å². The SMILES string of the molecule is CC(NC(C)c1ccc(OC(F)F)cc1)C(=O)Nc1cc(Cl)ccc1F. The number of ether oxygens (including phenoxy) is 1. The van der Waals surface area contributed by atoms with Crippen LogP contribution in [0.2, 0.25) is 5.02 Å². The number of carbonyl (C=O) groups excluding carboxylic acids is 1. The highest BCUT2D eigenvalue weighted by Gasteiger charge is 2.18. The Morgan fingerprint density at radius 2 is 1.77 bits per heavy atom. The number of nitrogens with one attached hydrogen (secondary N) is 2. The van der Waals surface area contributed by atoms with Gasteiger partial charge in [-0.05, 0) is 49.7 Å². The Bertz CT molecular complexity index is 757. The van der Waals surface area contributed by atoms with Crippen LogP contribution in [-0.4, -0.2) is 18.6 Å². The molecule has 2 aromatic carbocycles. The molecule has 2 rings (SSSR count). The molecule has 4 nitrogen and oxygen atoms in total. The van der Waals surface area contributed by atoms with Crippen LogP contribution >= 0.6 is 11.6 Å². The summed E-state index contributed by atoms with van der Waals surface area (Å²) in [7, 11) is 0. The minimum Gasteiger partial charge on any atom is -0.435 e. The van der Waals surface area contributed by atoms with Gasteiger partial charge in [0.25, 0.3) is 0 Å². The summed E-state index contributed by atoms with van der Waals surface area (Å²) in [4.78, 5) is 12.2. The molecule has 0 aliphatic rings. The molecule has 0 heterocycles. The highest BCUT2D eigenvalue weighted by atomic mass is 35.5. The van der Waals surface area contributed by atoms with Crippen LogP contribution in [0.15, 0.2) is 42.5 Å². The van der Waals surface area contributed by atoms with Crippen molar-refractivity contribution in [2.24, 2.45) is 0 Å². The monoisotopic (exact) mass is 386 g/mol. The maximum atomic E-state index is 13.7. The van der Waals surface area contributed by atoms with Crippen molar-refractivity contribution in [2.45, 2.75) is 32.5 Å². The second kappa shape index (κ2) is 8.91. The Labute approximate surface area is 154 Å². The smallest absolute Gasteiger partial charge is 0.387 e.